The van der Waals surface area contributed by atoms with E-state index in [4.69, 9.17) is 4.99 Å². The van der Waals surface area contributed by atoms with Gasteiger partial charge in [-0.1, -0.05) is 43.5 Å². The maximum Gasteiger partial charge on any atom is 0.321 e. The quantitative estimate of drug-likeness (QED) is 0.513. The van der Waals surface area contributed by atoms with E-state index >= 15 is 0 Å². The van der Waals surface area contributed by atoms with Gasteiger partial charge < -0.3 is 15.5 Å². The summed E-state index contributed by atoms with van der Waals surface area (Å²) in [7, 11) is -2.24. The summed E-state index contributed by atoms with van der Waals surface area (Å²) in [6.07, 6.45) is 4.17. The number of hydrogen-bond donors (Lipinski definition) is 3. The maximum atomic E-state index is 13.3. The molecule has 1 atom stereocenters. The van der Waals surface area contributed by atoms with Crippen LogP contribution in [-0.2, 0) is 14.8 Å². The maximum absolute atomic E-state index is 13.3. The molecule has 4 rings (SSSR count). The van der Waals surface area contributed by atoms with E-state index in [1.807, 2.05) is 24.3 Å². The van der Waals surface area contributed by atoms with Gasteiger partial charge in [0.25, 0.3) is 11.8 Å². The van der Waals surface area contributed by atoms with Gasteiger partial charge >= 0.3 is 6.03 Å². The highest BCUT2D eigenvalue weighted by molar-refractivity contribution is 7.91. The summed E-state index contributed by atoms with van der Waals surface area (Å²) in [6.45, 7) is 4.45. The van der Waals surface area contributed by atoms with Gasteiger partial charge in [-0.05, 0) is 57.9 Å². The summed E-state index contributed by atoms with van der Waals surface area (Å²) >= 11 is 0. The van der Waals surface area contributed by atoms with Crippen molar-refractivity contribution in [1.29, 1.82) is 0 Å². The van der Waals surface area contributed by atoms with Crippen LogP contribution in [0.4, 0.5) is 16.2 Å². The molecule has 1 aliphatic heterocycles. The molecule has 1 saturated carbocycles. The highest BCUT2D eigenvalue weighted by atomic mass is 32.2. The number of carbonyl (C=O) groups is 3. The normalized spacial score (nSPS) is 18.5. The molecule has 1 heterocycles. The lowest BCUT2D eigenvalue weighted by Gasteiger charge is -2.25. The SMILES string of the molecule is CN1C(=O)[C@H](NC(=O)Nc2cccc(C(=O)NS(=O)(=O)C(C)(C)C)c2)N=C(C2CCCCC2)c2ccccc21. The summed E-state index contributed by atoms with van der Waals surface area (Å²) in [5.41, 5.74) is 2.78. The van der Waals surface area contributed by atoms with Gasteiger partial charge in [0.1, 0.15) is 0 Å². The van der Waals surface area contributed by atoms with Crippen LogP contribution in [0, 0.1) is 5.92 Å². The zero-order valence-electron chi connectivity index (χ0n) is 22.7. The van der Waals surface area contributed by atoms with E-state index < -0.39 is 32.9 Å². The van der Waals surface area contributed by atoms with Gasteiger partial charge in [-0.25, -0.2) is 17.9 Å². The summed E-state index contributed by atoms with van der Waals surface area (Å²) in [6, 6.07) is 12.8. The van der Waals surface area contributed by atoms with E-state index in [1.165, 1.54) is 50.3 Å². The Bertz CT molecular complexity index is 1410. The second kappa shape index (κ2) is 11.2. The Morgan fingerprint density at radius 2 is 1.69 bits per heavy atom. The number of nitrogens with one attached hydrogen (secondary N) is 3. The van der Waals surface area contributed by atoms with Crippen LogP contribution >= 0.6 is 0 Å². The molecule has 0 unspecified atom stereocenters. The van der Waals surface area contributed by atoms with E-state index in [0.717, 1.165) is 42.6 Å². The van der Waals surface area contributed by atoms with Crippen molar-refractivity contribution in [1.82, 2.24) is 10.0 Å². The lowest BCUT2D eigenvalue weighted by molar-refractivity contribution is -0.119. The molecule has 2 aromatic rings. The molecular formula is C28H35N5O5S. The standard InChI is InChI=1S/C28H35N5O5S/c1-28(2,3)39(37,38)32-25(34)19-13-10-14-20(17-19)29-27(36)31-24-26(35)33(4)22-16-9-8-15-21(22)23(30-24)18-11-6-5-7-12-18/h8-10,13-18,24H,5-7,11-12H2,1-4H3,(H,32,34)(H2,29,31,36)/t24-/m0/s1. The molecule has 208 valence electrons. The van der Waals surface area contributed by atoms with Crippen molar-refractivity contribution in [2.24, 2.45) is 10.9 Å². The van der Waals surface area contributed by atoms with Crippen LogP contribution in [0.25, 0.3) is 0 Å². The van der Waals surface area contributed by atoms with Crippen molar-refractivity contribution in [2.45, 2.75) is 63.8 Å². The molecule has 0 bridgehead atoms. The summed E-state index contributed by atoms with van der Waals surface area (Å²) in [5.74, 6) is -0.982. The number of anilines is 2. The Morgan fingerprint density at radius 3 is 2.38 bits per heavy atom. The topological polar surface area (TPSA) is 137 Å². The van der Waals surface area contributed by atoms with E-state index in [2.05, 4.69) is 15.4 Å². The van der Waals surface area contributed by atoms with Crippen LogP contribution < -0.4 is 20.3 Å². The number of benzodiazepines with no additional fused rings is 1. The average molecular weight is 554 g/mol. The monoisotopic (exact) mass is 553 g/mol. The van der Waals surface area contributed by atoms with Crippen LogP contribution in [0.3, 0.4) is 0 Å². The number of sulfonamides is 1. The molecule has 0 aromatic heterocycles. The second-order valence-electron chi connectivity index (χ2n) is 10.9. The van der Waals surface area contributed by atoms with Gasteiger partial charge in [0.2, 0.25) is 16.2 Å². The molecule has 1 aliphatic carbocycles. The number of carbonyl (C=O) groups excluding carboxylic acids is 3. The Morgan fingerprint density at radius 1 is 1.00 bits per heavy atom. The fourth-order valence-corrected chi connectivity index (χ4v) is 5.38. The van der Waals surface area contributed by atoms with E-state index in [1.54, 1.807) is 13.1 Å². The molecule has 2 aromatic carbocycles. The van der Waals surface area contributed by atoms with Gasteiger partial charge in [0.05, 0.1) is 16.1 Å². The molecule has 10 nitrogen and oxygen atoms in total. The molecule has 0 radical (unpaired) electrons. The zero-order valence-corrected chi connectivity index (χ0v) is 23.5. The minimum absolute atomic E-state index is 0.0546. The van der Waals surface area contributed by atoms with Crippen LogP contribution in [-0.4, -0.2) is 49.9 Å². The van der Waals surface area contributed by atoms with Gasteiger partial charge in [-0.3, -0.25) is 14.6 Å². The molecule has 3 N–H and O–H groups in total. The zero-order chi connectivity index (χ0) is 28.4. The number of rotatable bonds is 5. The predicted molar refractivity (Wildman–Crippen MR) is 151 cm³/mol. The number of aliphatic imine (C=N–C) groups is 1. The minimum atomic E-state index is -3.91. The summed E-state index contributed by atoms with van der Waals surface area (Å²) in [4.78, 5) is 45.2. The first-order valence-electron chi connectivity index (χ1n) is 13.1. The van der Waals surface area contributed by atoms with Crippen molar-refractivity contribution < 1.29 is 22.8 Å². The summed E-state index contributed by atoms with van der Waals surface area (Å²) < 4.78 is 25.6. The third-order valence-electron chi connectivity index (χ3n) is 7.05. The highest BCUT2D eigenvalue weighted by Gasteiger charge is 2.34. The second-order valence-corrected chi connectivity index (χ2v) is 13.3. The van der Waals surface area contributed by atoms with Crippen LogP contribution in [0.15, 0.2) is 53.5 Å². The molecular weight excluding hydrogens is 518 g/mol. The fourth-order valence-electron chi connectivity index (χ4n) is 4.71. The van der Waals surface area contributed by atoms with Gasteiger partial charge in [0, 0.05) is 29.8 Å². The number of benzene rings is 2. The minimum Gasteiger partial charge on any atom is -0.311 e. The number of urea groups is 1. The Balaban J connectivity index is 1.53. The third-order valence-corrected chi connectivity index (χ3v) is 9.12. The first-order chi connectivity index (χ1) is 18.4. The van der Waals surface area contributed by atoms with Crippen molar-refractivity contribution >= 4 is 45.0 Å². The average Bonchev–Trinajstić information content (AvgIpc) is 2.99. The number of nitrogens with zero attached hydrogens (tertiary/aromatic N) is 2. The number of para-hydroxylation sites is 1. The van der Waals surface area contributed by atoms with Crippen LogP contribution in [0.5, 0.6) is 0 Å². The van der Waals surface area contributed by atoms with Gasteiger partial charge in [-0.15, -0.1) is 0 Å². The van der Waals surface area contributed by atoms with E-state index in [9.17, 15) is 22.8 Å². The Kier molecular flexibility index (Phi) is 8.10. The molecule has 2 aliphatic rings. The molecule has 1 fully saturated rings. The first-order valence-corrected chi connectivity index (χ1v) is 14.5. The molecule has 0 spiro atoms. The third kappa shape index (κ3) is 6.30. The smallest absolute Gasteiger partial charge is 0.311 e. The lowest BCUT2D eigenvalue weighted by Crippen LogP contribution is -2.47. The largest absolute Gasteiger partial charge is 0.321 e. The van der Waals surface area contributed by atoms with E-state index in [-0.39, 0.29) is 23.1 Å². The van der Waals surface area contributed by atoms with Crippen molar-refractivity contribution in [3.8, 4) is 0 Å². The number of likely N-dealkylation sites (N-methyl/N-ethyl adjacent to an activating group) is 1. The Labute approximate surface area is 229 Å². The fraction of sp³-hybridized carbons (Fsp3) is 0.429. The van der Waals surface area contributed by atoms with Gasteiger partial charge in [0.15, 0.2) is 0 Å². The van der Waals surface area contributed by atoms with Crippen molar-refractivity contribution in [3.05, 3.63) is 59.7 Å². The molecule has 0 saturated heterocycles. The van der Waals surface area contributed by atoms with Crippen LogP contribution in [0.1, 0.15) is 68.8 Å². The Hall–Kier alpha value is -3.73. The van der Waals surface area contributed by atoms with Crippen LogP contribution in [0.2, 0.25) is 0 Å². The number of hydrogen-bond acceptors (Lipinski definition) is 6. The van der Waals surface area contributed by atoms with E-state index in [0.29, 0.717) is 0 Å². The molecule has 4 amide bonds. The number of fused-ring (bicyclic) bond motifs is 1. The van der Waals surface area contributed by atoms with Crippen molar-refractivity contribution in [2.75, 3.05) is 17.3 Å². The predicted octanol–water partition coefficient (Wildman–Crippen LogP) is 4.04. The number of amides is 4. The summed E-state index contributed by atoms with van der Waals surface area (Å²) in [5, 5.41) is 5.30. The van der Waals surface area contributed by atoms with Crippen molar-refractivity contribution in [3.63, 3.8) is 0 Å². The first kappa shape index (κ1) is 28.3. The van der Waals surface area contributed by atoms with Gasteiger partial charge in [-0.2, -0.15) is 0 Å². The lowest BCUT2D eigenvalue weighted by atomic mass is 9.83. The molecule has 39 heavy (non-hydrogen) atoms. The highest BCUT2D eigenvalue weighted by Crippen LogP contribution is 2.33. The molecule has 11 heteroatoms.